The first-order valence-corrected chi connectivity index (χ1v) is 25.9. The fraction of sp³-hybridized carbons (Fsp3) is 0. The summed E-state index contributed by atoms with van der Waals surface area (Å²) in [4.78, 5) is 15.7. The first-order valence-electron chi connectivity index (χ1n) is 21.9. The van der Waals surface area contributed by atoms with Crippen molar-refractivity contribution in [2.45, 2.75) is 0 Å². The average molecular weight is 851 g/mol. The summed E-state index contributed by atoms with van der Waals surface area (Å²) in [5.74, 6) is 1.70. The van der Waals surface area contributed by atoms with Gasteiger partial charge in [-0.1, -0.05) is 206 Å². The zero-order valence-electron chi connectivity index (χ0n) is 35.0. The zero-order chi connectivity index (χ0) is 42.5. The number of nitrogens with zero attached hydrogens (tertiary/aromatic N) is 4. The summed E-state index contributed by atoms with van der Waals surface area (Å²) in [5.41, 5.74) is 6.22. The van der Waals surface area contributed by atoms with Crippen LogP contribution in [0.25, 0.3) is 11.4 Å². The van der Waals surface area contributed by atoms with Crippen molar-refractivity contribution in [3.63, 3.8) is 0 Å². The highest BCUT2D eigenvalue weighted by molar-refractivity contribution is 7.22. The van der Waals surface area contributed by atoms with Gasteiger partial charge in [0.1, 0.15) is 11.6 Å². The van der Waals surface area contributed by atoms with Crippen LogP contribution in [0.4, 0.5) is 34.4 Å². The first-order chi connectivity index (χ1) is 31.8. The van der Waals surface area contributed by atoms with Crippen LogP contribution in [0.5, 0.6) is 0 Å². The van der Waals surface area contributed by atoms with Gasteiger partial charge in [-0.15, -0.1) is 0 Å². The Labute approximate surface area is 376 Å². The SMILES string of the molecule is c1ccc([Si]2(c3ccccc3)c3ccccc3N(c3cccc(-c4cccc(N5c6ccccc6[Si](c6ccccc6)(c6ccccc6)c6ccccc65)n4)n3)c3ccccc32)cc1. The summed E-state index contributed by atoms with van der Waals surface area (Å²) in [6, 6.07) is 93.1. The van der Waals surface area contributed by atoms with E-state index in [0.29, 0.717) is 0 Å². The summed E-state index contributed by atoms with van der Waals surface area (Å²) >= 11 is 0. The number of hydrogen-bond acceptors (Lipinski definition) is 4. The summed E-state index contributed by atoms with van der Waals surface area (Å²) < 4.78 is 0. The number of fused-ring (bicyclic) bond motifs is 4. The average Bonchev–Trinajstić information content (AvgIpc) is 3.38. The van der Waals surface area contributed by atoms with Crippen LogP contribution in [0.15, 0.2) is 255 Å². The van der Waals surface area contributed by atoms with E-state index < -0.39 is 16.1 Å². The van der Waals surface area contributed by atoms with Gasteiger partial charge in [-0.25, -0.2) is 9.97 Å². The Hall–Kier alpha value is -7.91. The van der Waals surface area contributed by atoms with Crippen molar-refractivity contribution in [3.05, 3.63) is 255 Å². The number of pyridine rings is 2. The van der Waals surface area contributed by atoms with Gasteiger partial charge in [-0.2, -0.15) is 0 Å². The monoisotopic (exact) mass is 850 g/mol. The van der Waals surface area contributed by atoms with Crippen molar-refractivity contribution in [3.8, 4) is 11.4 Å². The Kier molecular flexibility index (Phi) is 9.14. The molecule has 2 aliphatic heterocycles. The standard InChI is InChI=1S/C58H42N4Si2/c1-5-23-43(24-6-1)63(44-25-7-2-8-26-44)53-37-17-13-33-49(53)61(50-34-14-18-38-54(50)63)57-41-21-31-47(59-57)48-32-22-42-58(60-48)62-51-35-15-19-39-55(51)64(45-27-9-3-10-28-45,46-29-11-4-12-30-46)56-40-20-16-36-52(56)62/h1-42H. The zero-order valence-corrected chi connectivity index (χ0v) is 37.0. The molecule has 6 heteroatoms. The Bertz CT molecular complexity index is 2910. The molecule has 2 aromatic heterocycles. The van der Waals surface area contributed by atoms with Gasteiger partial charge in [0.25, 0.3) is 0 Å². The molecule has 64 heavy (non-hydrogen) atoms. The number of anilines is 6. The quantitative estimate of drug-likeness (QED) is 0.151. The topological polar surface area (TPSA) is 32.3 Å². The lowest BCUT2D eigenvalue weighted by atomic mass is 10.2. The molecule has 0 amide bonds. The second-order valence-corrected chi connectivity index (χ2v) is 23.9. The van der Waals surface area contributed by atoms with E-state index in [2.05, 4.69) is 265 Å². The normalized spacial score (nSPS) is 14.1. The van der Waals surface area contributed by atoms with Gasteiger partial charge in [0.15, 0.2) is 16.1 Å². The molecule has 8 aromatic carbocycles. The molecule has 0 bridgehead atoms. The number of aromatic nitrogens is 2. The lowest BCUT2D eigenvalue weighted by Crippen LogP contribution is -2.77. The number of hydrogen-bond donors (Lipinski definition) is 0. The summed E-state index contributed by atoms with van der Waals surface area (Å²) in [6.07, 6.45) is 0. The minimum absolute atomic E-state index is 0.811. The molecular weight excluding hydrogens is 809 g/mol. The Morgan fingerprint density at radius 2 is 0.484 bits per heavy atom. The van der Waals surface area contributed by atoms with E-state index in [-0.39, 0.29) is 0 Å². The third kappa shape index (κ3) is 5.66. The maximum Gasteiger partial charge on any atom is 0.184 e. The highest BCUT2D eigenvalue weighted by atomic mass is 28.3. The molecule has 0 atom stereocenters. The molecule has 2 aliphatic rings. The van der Waals surface area contributed by atoms with Crippen molar-refractivity contribution in [1.29, 1.82) is 0 Å². The Morgan fingerprint density at radius 3 is 0.766 bits per heavy atom. The third-order valence-electron chi connectivity index (χ3n) is 13.2. The van der Waals surface area contributed by atoms with Crippen LogP contribution in [0.3, 0.4) is 0 Å². The lowest BCUT2D eigenvalue weighted by Gasteiger charge is -2.44. The number of para-hydroxylation sites is 4. The van der Waals surface area contributed by atoms with Crippen molar-refractivity contribution >= 4 is 92.0 Å². The van der Waals surface area contributed by atoms with Crippen LogP contribution in [0.1, 0.15) is 0 Å². The second-order valence-electron chi connectivity index (χ2n) is 16.5. The van der Waals surface area contributed by atoms with Crippen molar-refractivity contribution < 1.29 is 0 Å². The maximum absolute atomic E-state index is 5.50. The van der Waals surface area contributed by atoms with E-state index in [4.69, 9.17) is 9.97 Å². The fourth-order valence-corrected chi connectivity index (χ4v) is 20.9. The molecule has 0 unspecified atom stereocenters. The van der Waals surface area contributed by atoms with Crippen LogP contribution in [-0.2, 0) is 0 Å². The Morgan fingerprint density at radius 1 is 0.234 bits per heavy atom. The highest BCUT2D eigenvalue weighted by Crippen LogP contribution is 2.40. The van der Waals surface area contributed by atoms with E-state index in [0.717, 1.165) is 45.8 Å². The first kappa shape index (κ1) is 37.8. The molecule has 4 heterocycles. The summed E-state index contributed by atoms with van der Waals surface area (Å²) in [7, 11) is -5.50. The molecule has 0 spiro atoms. The van der Waals surface area contributed by atoms with Crippen LogP contribution in [0.2, 0.25) is 0 Å². The van der Waals surface area contributed by atoms with E-state index in [1.54, 1.807) is 0 Å². The van der Waals surface area contributed by atoms with Crippen molar-refractivity contribution in [2.75, 3.05) is 9.80 Å². The molecule has 12 rings (SSSR count). The molecule has 302 valence electrons. The molecule has 0 radical (unpaired) electrons. The largest absolute Gasteiger partial charge is 0.295 e. The predicted molar refractivity (Wildman–Crippen MR) is 271 cm³/mol. The number of benzene rings is 8. The minimum atomic E-state index is -2.75. The van der Waals surface area contributed by atoms with Gasteiger partial charge >= 0.3 is 0 Å². The van der Waals surface area contributed by atoms with Crippen LogP contribution in [0, 0.1) is 0 Å². The molecule has 4 nitrogen and oxygen atoms in total. The van der Waals surface area contributed by atoms with Gasteiger partial charge in [0.2, 0.25) is 0 Å². The molecule has 0 aliphatic carbocycles. The van der Waals surface area contributed by atoms with E-state index in [1.807, 2.05) is 0 Å². The van der Waals surface area contributed by atoms with Gasteiger partial charge in [-0.3, -0.25) is 9.80 Å². The fourth-order valence-electron chi connectivity index (χ4n) is 10.7. The van der Waals surface area contributed by atoms with Gasteiger partial charge in [0, 0.05) is 22.7 Å². The molecule has 0 fully saturated rings. The summed E-state index contributed by atoms with van der Waals surface area (Å²) in [5, 5.41) is 10.8. The number of rotatable bonds is 7. The van der Waals surface area contributed by atoms with Gasteiger partial charge < -0.3 is 0 Å². The molecule has 0 saturated carbocycles. The maximum atomic E-state index is 5.50. The van der Waals surface area contributed by atoms with Crippen LogP contribution >= 0.6 is 0 Å². The van der Waals surface area contributed by atoms with Gasteiger partial charge in [-0.05, 0) is 90.0 Å². The van der Waals surface area contributed by atoms with Crippen molar-refractivity contribution in [2.24, 2.45) is 0 Å². The minimum Gasteiger partial charge on any atom is -0.295 e. The van der Waals surface area contributed by atoms with Gasteiger partial charge in [0.05, 0.1) is 11.4 Å². The van der Waals surface area contributed by atoms with E-state index in [1.165, 1.54) is 41.5 Å². The molecular formula is C58H42N4Si2. The van der Waals surface area contributed by atoms with Crippen molar-refractivity contribution in [1.82, 2.24) is 9.97 Å². The summed E-state index contributed by atoms with van der Waals surface area (Å²) in [6.45, 7) is 0. The van der Waals surface area contributed by atoms with Crippen LogP contribution < -0.4 is 51.3 Å². The second kappa shape index (κ2) is 15.5. The van der Waals surface area contributed by atoms with E-state index in [9.17, 15) is 0 Å². The lowest BCUT2D eigenvalue weighted by molar-refractivity contribution is 1.15. The Balaban J connectivity index is 1.01. The molecule has 0 N–H and O–H groups in total. The molecule has 10 aromatic rings. The smallest absolute Gasteiger partial charge is 0.184 e. The van der Waals surface area contributed by atoms with Crippen LogP contribution in [-0.4, -0.2) is 26.1 Å². The third-order valence-corrected chi connectivity index (χ3v) is 22.9. The van der Waals surface area contributed by atoms with E-state index >= 15 is 0 Å². The molecule has 0 saturated heterocycles. The highest BCUT2D eigenvalue weighted by Gasteiger charge is 2.50. The predicted octanol–water partition coefficient (Wildman–Crippen LogP) is 8.46.